The van der Waals surface area contributed by atoms with Gasteiger partial charge in [-0.2, -0.15) is 0 Å². The van der Waals surface area contributed by atoms with Crippen LogP contribution in [0.25, 0.3) is 22.8 Å². The van der Waals surface area contributed by atoms with E-state index in [0.717, 1.165) is 36.5 Å². The third kappa shape index (κ3) is 2.83. The lowest BCUT2D eigenvalue weighted by molar-refractivity contribution is 0.101. The first-order chi connectivity index (χ1) is 13.3. The molecule has 1 aliphatic heterocycles. The molecule has 7 nitrogen and oxygen atoms in total. The molecule has 0 saturated heterocycles. The minimum atomic E-state index is -0.338. The van der Waals surface area contributed by atoms with Crippen molar-refractivity contribution in [1.29, 1.82) is 0 Å². The van der Waals surface area contributed by atoms with Crippen molar-refractivity contribution in [2.75, 3.05) is 5.32 Å². The van der Waals surface area contributed by atoms with E-state index >= 15 is 0 Å². The number of nitrogens with zero attached hydrogens (tertiary/aromatic N) is 3. The first-order valence-electron chi connectivity index (χ1n) is 8.75. The predicted octanol–water partition coefficient (Wildman–Crippen LogP) is 4.00. The van der Waals surface area contributed by atoms with Crippen LogP contribution in [0.1, 0.15) is 22.7 Å². The number of fused-ring (bicyclic) bond motifs is 1. The SMILES string of the molecule is O=C(Nc1ccc(-c2cnc3n2CCC3)cc1)c1cc(-c2ccco2)on1. The third-order valence-electron chi connectivity index (χ3n) is 4.67. The molecule has 0 spiro atoms. The summed E-state index contributed by atoms with van der Waals surface area (Å²) in [6.07, 6.45) is 5.62. The highest BCUT2D eigenvalue weighted by Gasteiger charge is 2.17. The van der Waals surface area contributed by atoms with Crippen LogP contribution in [0.15, 0.2) is 63.9 Å². The van der Waals surface area contributed by atoms with Crippen LogP contribution >= 0.6 is 0 Å². The molecule has 3 aromatic heterocycles. The van der Waals surface area contributed by atoms with Gasteiger partial charge < -0.3 is 18.8 Å². The number of hydrogen-bond donors (Lipinski definition) is 1. The summed E-state index contributed by atoms with van der Waals surface area (Å²) in [5.41, 5.74) is 3.07. The number of amides is 1. The second-order valence-corrected chi connectivity index (χ2v) is 6.40. The normalized spacial score (nSPS) is 12.9. The Morgan fingerprint density at radius 1 is 1.15 bits per heavy atom. The molecular weight excluding hydrogens is 344 g/mol. The highest BCUT2D eigenvalue weighted by Crippen LogP contribution is 2.27. The Kier molecular flexibility index (Phi) is 3.64. The average Bonchev–Trinajstić information content (AvgIpc) is 3.46. The Morgan fingerprint density at radius 2 is 2.04 bits per heavy atom. The lowest BCUT2D eigenvalue weighted by Gasteiger charge is -2.07. The maximum absolute atomic E-state index is 12.4. The van der Waals surface area contributed by atoms with E-state index in [4.69, 9.17) is 8.94 Å². The number of carbonyl (C=O) groups is 1. The summed E-state index contributed by atoms with van der Waals surface area (Å²) in [5.74, 6) is 1.74. The third-order valence-corrected chi connectivity index (χ3v) is 4.67. The minimum absolute atomic E-state index is 0.194. The Morgan fingerprint density at radius 3 is 2.85 bits per heavy atom. The molecule has 0 atom stereocenters. The van der Waals surface area contributed by atoms with Gasteiger partial charge in [0, 0.05) is 24.7 Å². The van der Waals surface area contributed by atoms with Crippen molar-refractivity contribution in [2.24, 2.45) is 0 Å². The molecule has 0 unspecified atom stereocenters. The van der Waals surface area contributed by atoms with Crippen LogP contribution in [0.5, 0.6) is 0 Å². The van der Waals surface area contributed by atoms with Crippen molar-refractivity contribution < 1.29 is 13.7 Å². The van der Waals surface area contributed by atoms with Gasteiger partial charge in [-0.15, -0.1) is 0 Å². The smallest absolute Gasteiger partial charge is 0.277 e. The lowest BCUT2D eigenvalue weighted by atomic mass is 10.1. The fourth-order valence-corrected chi connectivity index (χ4v) is 3.33. The molecule has 1 aliphatic rings. The van der Waals surface area contributed by atoms with Crippen LogP contribution in [0.4, 0.5) is 5.69 Å². The Balaban J connectivity index is 1.32. The van der Waals surface area contributed by atoms with Crippen LogP contribution in [0.2, 0.25) is 0 Å². The van der Waals surface area contributed by atoms with E-state index in [2.05, 4.69) is 20.0 Å². The molecule has 0 aliphatic carbocycles. The lowest BCUT2D eigenvalue weighted by Crippen LogP contribution is -2.12. The fraction of sp³-hybridized carbons (Fsp3) is 0.150. The fourth-order valence-electron chi connectivity index (χ4n) is 3.33. The van der Waals surface area contributed by atoms with Crippen molar-refractivity contribution in [3.63, 3.8) is 0 Å². The maximum atomic E-state index is 12.4. The van der Waals surface area contributed by atoms with Gasteiger partial charge in [-0.05, 0) is 36.2 Å². The number of benzene rings is 1. The average molecular weight is 360 g/mol. The topological polar surface area (TPSA) is 86.1 Å². The summed E-state index contributed by atoms with van der Waals surface area (Å²) in [5, 5.41) is 6.63. The maximum Gasteiger partial charge on any atom is 0.277 e. The van der Waals surface area contributed by atoms with Gasteiger partial charge in [0.15, 0.2) is 11.5 Å². The molecule has 0 saturated carbocycles. The van der Waals surface area contributed by atoms with E-state index in [1.807, 2.05) is 30.5 Å². The Bertz CT molecular complexity index is 1090. The van der Waals surface area contributed by atoms with Crippen LogP contribution in [0, 0.1) is 0 Å². The summed E-state index contributed by atoms with van der Waals surface area (Å²) >= 11 is 0. The van der Waals surface area contributed by atoms with E-state index in [1.54, 1.807) is 18.2 Å². The molecule has 1 aromatic carbocycles. The molecule has 0 radical (unpaired) electrons. The van der Waals surface area contributed by atoms with Gasteiger partial charge in [0.05, 0.1) is 18.2 Å². The zero-order valence-corrected chi connectivity index (χ0v) is 14.4. The summed E-state index contributed by atoms with van der Waals surface area (Å²) < 4.78 is 12.7. The molecule has 1 N–H and O–H groups in total. The molecular formula is C20H16N4O3. The standard InChI is InChI=1S/C20H16N4O3/c25-20(15-11-18(27-23-15)17-3-2-10-26-17)22-14-7-5-13(6-8-14)16-12-21-19-4-1-9-24(16)19/h2-3,5-8,10-12H,1,4,9H2,(H,22,25). The van der Waals surface area contributed by atoms with Crippen LogP contribution < -0.4 is 5.32 Å². The Hall–Kier alpha value is -3.61. The van der Waals surface area contributed by atoms with Crippen molar-refractivity contribution in [1.82, 2.24) is 14.7 Å². The molecule has 27 heavy (non-hydrogen) atoms. The zero-order chi connectivity index (χ0) is 18.2. The number of rotatable bonds is 4. The highest BCUT2D eigenvalue weighted by atomic mass is 16.5. The number of carbonyl (C=O) groups excluding carboxylic acids is 1. The Labute approximate surface area is 154 Å². The van der Waals surface area contributed by atoms with Crippen LogP contribution in [-0.4, -0.2) is 20.6 Å². The van der Waals surface area contributed by atoms with Crippen molar-refractivity contribution in [3.8, 4) is 22.8 Å². The monoisotopic (exact) mass is 360 g/mol. The van der Waals surface area contributed by atoms with Gasteiger partial charge in [-0.3, -0.25) is 4.79 Å². The molecule has 7 heteroatoms. The number of hydrogen-bond acceptors (Lipinski definition) is 5. The number of anilines is 1. The van der Waals surface area contributed by atoms with E-state index in [1.165, 1.54) is 6.26 Å². The van der Waals surface area contributed by atoms with Gasteiger partial charge in [-0.1, -0.05) is 17.3 Å². The zero-order valence-electron chi connectivity index (χ0n) is 14.4. The summed E-state index contributed by atoms with van der Waals surface area (Å²) in [7, 11) is 0. The number of aryl methyl sites for hydroxylation is 1. The predicted molar refractivity (Wildman–Crippen MR) is 98.1 cm³/mol. The highest BCUT2D eigenvalue weighted by molar-refractivity contribution is 6.03. The van der Waals surface area contributed by atoms with E-state index < -0.39 is 0 Å². The molecule has 0 bridgehead atoms. The van der Waals surface area contributed by atoms with Crippen molar-refractivity contribution in [2.45, 2.75) is 19.4 Å². The quantitative estimate of drug-likeness (QED) is 0.594. The molecule has 1 amide bonds. The second-order valence-electron chi connectivity index (χ2n) is 6.40. The summed E-state index contributed by atoms with van der Waals surface area (Å²) in [6, 6.07) is 12.7. The molecule has 4 aromatic rings. The summed E-state index contributed by atoms with van der Waals surface area (Å²) in [6.45, 7) is 1.01. The first kappa shape index (κ1) is 15.6. The van der Waals surface area contributed by atoms with Gasteiger partial charge in [0.25, 0.3) is 5.91 Å². The molecule has 134 valence electrons. The molecule has 0 fully saturated rings. The van der Waals surface area contributed by atoms with Crippen LogP contribution in [-0.2, 0) is 13.0 Å². The number of aromatic nitrogens is 3. The van der Waals surface area contributed by atoms with Gasteiger partial charge in [0.2, 0.25) is 5.76 Å². The summed E-state index contributed by atoms with van der Waals surface area (Å²) in [4.78, 5) is 16.9. The molecule has 5 rings (SSSR count). The van der Waals surface area contributed by atoms with Gasteiger partial charge in [-0.25, -0.2) is 4.98 Å². The van der Waals surface area contributed by atoms with E-state index in [9.17, 15) is 4.79 Å². The molecule has 4 heterocycles. The van der Waals surface area contributed by atoms with E-state index in [0.29, 0.717) is 17.2 Å². The van der Waals surface area contributed by atoms with Gasteiger partial charge in [0.1, 0.15) is 5.82 Å². The number of imidazole rings is 1. The minimum Gasteiger partial charge on any atom is -0.461 e. The second kappa shape index (κ2) is 6.28. The van der Waals surface area contributed by atoms with Crippen LogP contribution in [0.3, 0.4) is 0 Å². The van der Waals surface area contributed by atoms with Crippen molar-refractivity contribution in [3.05, 3.63) is 66.4 Å². The number of furan rings is 1. The van der Waals surface area contributed by atoms with Crippen molar-refractivity contribution >= 4 is 11.6 Å². The first-order valence-corrected chi connectivity index (χ1v) is 8.75. The van der Waals surface area contributed by atoms with Gasteiger partial charge >= 0.3 is 0 Å². The number of nitrogens with one attached hydrogen (secondary N) is 1. The largest absolute Gasteiger partial charge is 0.461 e. The van der Waals surface area contributed by atoms with E-state index in [-0.39, 0.29) is 11.6 Å².